The molecule has 1 heterocycles. The Morgan fingerprint density at radius 1 is 1.34 bits per heavy atom. The van der Waals surface area contributed by atoms with Crippen LogP contribution in [0.5, 0.6) is 0 Å². The SMILES string of the molecule is CCCCC(CNC(=O)OC(C)(C)C)NC(=NC)NCc1nccn1C(F)F.I. The molecule has 168 valence electrons. The third kappa shape index (κ3) is 11.2. The molecule has 8 nitrogen and oxygen atoms in total. The number of carbonyl (C=O) groups is 1. The lowest BCUT2D eigenvalue weighted by Gasteiger charge is -2.24. The van der Waals surface area contributed by atoms with Gasteiger partial charge in [-0.1, -0.05) is 19.8 Å². The van der Waals surface area contributed by atoms with Gasteiger partial charge in [0, 0.05) is 32.0 Å². The number of aliphatic imine (C=N–C) groups is 1. The Bertz CT molecular complexity index is 634. The van der Waals surface area contributed by atoms with Crippen molar-refractivity contribution >= 4 is 36.0 Å². The minimum atomic E-state index is -2.65. The molecular weight excluding hydrogens is 497 g/mol. The fraction of sp³-hybridized carbons (Fsp3) is 0.722. The highest BCUT2D eigenvalue weighted by atomic mass is 127. The molecule has 0 saturated carbocycles. The lowest BCUT2D eigenvalue weighted by molar-refractivity contribution is 0.0522. The number of hydrogen-bond acceptors (Lipinski definition) is 4. The first-order valence-corrected chi connectivity index (χ1v) is 9.40. The first-order chi connectivity index (χ1) is 13.2. The fourth-order valence-corrected chi connectivity index (χ4v) is 2.41. The molecule has 0 aromatic carbocycles. The Morgan fingerprint density at radius 3 is 2.59 bits per heavy atom. The highest BCUT2D eigenvalue weighted by Crippen LogP contribution is 2.12. The van der Waals surface area contributed by atoms with E-state index in [-0.39, 0.29) is 42.4 Å². The molecule has 0 aliphatic rings. The second kappa shape index (κ2) is 13.5. The second-order valence-corrected chi connectivity index (χ2v) is 7.32. The summed E-state index contributed by atoms with van der Waals surface area (Å²) in [6, 6.07) is -0.0893. The molecule has 1 aromatic rings. The number of nitrogens with zero attached hydrogens (tertiary/aromatic N) is 3. The summed E-state index contributed by atoms with van der Waals surface area (Å²) in [5.41, 5.74) is -0.569. The van der Waals surface area contributed by atoms with Crippen molar-refractivity contribution in [2.24, 2.45) is 4.99 Å². The van der Waals surface area contributed by atoms with Crippen LogP contribution >= 0.6 is 24.0 Å². The summed E-state index contributed by atoms with van der Waals surface area (Å²) in [4.78, 5) is 19.9. The highest BCUT2D eigenvalue weighted by Gasteiger charge is 2.18. The molecular formula is C18H33F2IN6O2. The molecule has 0 aliphatic heterocycles. The Hall–Kier alpha value is -1.66. The van der Waals surface area contributed by atoms with Crippen molar-refractivity contribution in [3.63, 3.8) is 0 Å². The van der Waals surface area contributed by atoms with Crippen LogP contribution in [0.15, 0.2) is 17.4 Å². The van der Waals surface area contributed by atoms with Crippen molar-refractivity contribution in [1.29, 1.82) is 0 Å². The molecule has 1 rings (SSSR count). The van der Waals surface area contributed by atoms with Crippen molar-refractivity contribution < 1.29 is 18.3 Å². The van der Waals surface area contributed by atoms with Gasteiger partial charge in [0.1, 0.15) is 11.4 Å². The van der Waals surface area contributed by atoms with Crippen LogP contribution in [0.2, 0.25) is 0 Å². The van der Waals surface area contributed by atoms with E-state index in [2.05, 4.69) is 32.9 Å². The normalized spacial score (nSPS) is 12.9. The average molecular weight is 530 g/mol. The lowest BCUT2D eigenvalue weighted by atomic mass is 10.1. The monoisotopic (exact) mass is 530 g/mol. The van der Waals surface area contributed by atoms with Crippen LogP contribution in [0, 0.1) is 0 Å². The number of amides is 1. The zero-order valence-corrected chi connectivity index (χ0v) is 20.0. The molecule has 1 unspecified atom stereocenters. The maximum atomic E-state index is 12.9. The number of alkyl halides is 2. The Morgan fingerprint density at radius 2 is 2.03 bits per heavy atom. The topological polar surface area (TPSA) is 92.6 Å². The molecule has 29 heavy (non-hydrogen) atoms. The molecule has 0 saturated heterocycles. The number of carbonyl (C=O) groups excluding carboxylic acids is 1. The summed E-state index contributed by atoms with van der Waals surface area (Å²) >= 11 is 0. The van der Waals surface area contributed by atoms with Gasteiger partial charge in [-0.25, -0.2) is 9.78 Å². The number of ether oxygens (including phenoxy) is 1. The van der Waals surface area contributed by atoms with Crippen molar-refractivity contribution in [3.05, 3.63) is 18.2 Å². The predicted octanol–water partition coefficient (Wildman–Crippen LogP) is 3.64. The van der Waals surface area contributed by atoms with Gasteiger partial charge in [-0.2, -0.15) is 8.78 Å². The summed E-state index contributed by atoms with van der Waals surface area (Å²) in [7, 11) is 1.59. The maximum Gasteiger partial charge on any atom is 0.407 e. The number of alkyl carbamates (subject to hydrolysis) is 1. The number of halogens is 3. The highest BCUT2D eigenvalue weighted by molar-refractivity contribution is 14.0. The molecule has 3 N–H and O–H groups in total. The number of imidazole rings is 1. The summed E-state index contributed by atoms with van der Waals surface area (Å²) < 4.78 is 31.9. The quantitative estimate of drug-likeness (QED) is 0.258. The summed E-state index contributed by atoms with van der Waals surface area (Å²) in [5.74, 6) is 0.644. The van der Waals surface area contributed by atoms with E-state index in [0.29, 0.717) is 12.5 Å². The van der Waals surface area contributed by atoms with Crippen LogP contribution in [0.25, 0.3) is 0 Å². The maximum absolute atomic E-state index is 12.9. The van der Waals surface area contributed by atoms with E-state index in [1.807, 2.05) is 0 Å². The van der Waals surface area contributed by atoms with Gasteiger partial charge >= 0.3 is 12.6 Å². The number of aromatic nitrogens is 2. The van der Waals surface area contributed by atoms with Gasteiger partial charge in [-0.15, -0.1) is 24.0 Å². The van der Waals surface area contributed by atoms with Crippen molar-refractivity contribution in [2.75, 3.05) is 13.6 Å². The van der Waals surface area contributed by atoms with E-state index < -0.39 is 18.2 Å². The van der Waals surface area contributed by atoms with E-state index >= 15 is 0 Å². The first-order valence-electron chi connectivity index (χ1n) is 9.40. The fourth-order valence-electron chi connectivity index (χ4n) is 2.41. The zero-order valence-electron chi connectivity index (χ0n) is 17.7. The van der Waals surface area contributed by atoms with Gasteiger partial charge in [-0.3, -0.25) is 9.56 Å². The third-order valence-electron chi connectivity index (χ3n) is 3.74. The summed E-state index contributed by atoms with van der Waals surface area (Å²) in [5, 5.41) is 8.94. The summed E-state index contributed by atoms with van der Waals surface area (Å²) in [6.07, 6.45) is 4.83. The van der Waals surface area contributed by atoms with Gasteiger partial charge in [0.25, 0.3) is 0 Å². The number of rotatable bonds is 9. The Labute approximate surface area is 188 Å². The van der Waals surface area contributed by atoms with E-state index in [1.54, 1.807) is 27.8 Å². The Balaban J connectivity index is 0.00000784. The smallest absolute Gasteiger partial charge is 0.407 e. The number of guanidine groups is 1. The minimum Gasteiger partial charge on any atom is -0.444 e. The van der Waals surface area contributed by atoms with E-state index in [4.69, 9.17) is 4.74 Å². The van der Waals surface area contributed by atoms with Crippen LogP contribution in [-0.4, -0.2) is 46.8 Å². The lowest BCUT2D eigenvalue weighted by Crippen LogP contribution is -2.49. The number of unbranched alkanes of at least 4 members (excludes halogenated alkanes) is 1. The predicted molar refractivity (Wildman–Crippen MR) is 120 cm³/mol. The van der Waals surface area contributed by atoms with E-state index in [1.165, 1.54) is 12.4 Å². The molecule has 1 atom stereocenters. The van der Waals surface area contributed by atoms with Crippen LogP contribution in [0.3, 0.4) is 0 Å². The molecule has 0 aliphatic carbocycles. The molecule has 1 amide bonds. The zero-order chi connectivity index (χ0) is 21.2. The van der Waals surface area contributed by atoms with Crippen molar-refractivity contribution in [3.8, 4) is 0 Å². The van der Waals surface area contributed by atoms with Crippen LogP contribution in [-0.2, 0) is 11.3 Å². The van der Waals surface area contributed by atoms with Gasteiger partial charge in [-0.05, 0) is 27.2 Å². The molecule has 0 bridgehead atoms. The largest absolute Gasteiger partial charge is 0.444 e. The van der Waals surface area contributed by atoms with Crippen molar-refractivity contribution in [2.45, 2.75) is 71.7 Å². The Kier molecular flexibility index (Phi) is 12.8. The minimum absolute atomic E-state index is 0. The molecule has 11 heteroatoms. The molecule has 0 radical (unpaired) electrons. The van der Waals surface area contributed by atoms with Gasteiger partial charge < -0.3 is 20.7 Å². The average Bonchev–Trinajstić information content (AvgIpc) is 3.07. The molecule has 0 spiro atoms. The number of hydrogen-bond donors (Lipinski definition) is 3. The molecule has 1 aromatic heterocycles. The van der Waals surface area contributed by atoms with Crippen molar-refractivity contribution in [1.82, 2.24) is 25.5 Å². The van der Waals surface area contributed by atoms with Crippen LogP contribution in [0.4, 0.5) is 13.6 Å². The first kappa shape index (κ1) is 27.3. The standard InChI is InChI=1S/C18H32F2N6O2.HI/c1-6-7-8-13(11-24-17(27)28-18(2,3)4)25-16(21-5)23-12-14-22-9-10-26(14)15(19)20;/h9-10,13,15H,6-8,11-12H2,1-5H3,(H,24,27)(H2,21,23,25);1H. The van der Waals surface area contributed by atoms with Gasteiger partial charge in [0.2, 0.25) is 0 Å². The number of nitrogens with one attached hydrogen (secondary N) is 3. The summed E-state index contributed by atoms with van der Waals surface area (Å²) in [6.45, 7) is 5.27. The van der Waals surface area contributed by atoms with Crippen LogP contribution < -0.4 is 16.0 Å². The van der Waals surface area contributed by atoms with Crippen LogP contribution in [0.1, 0.15) is 59.3 Å². The third-order valence-corrected chi connectivity index (χ3v) is 3.74. The van der Waals surface area contributed by atoms with Gasteiger partial charge in [0.15, 0.2) is 5.96 Å². The van der Waals surface area contributed by atoms with E-state index in [9.17, 15) is 13.6 Å². The van der Waals surface area contributed by atoms with E-state index in [0.717, 1.165) is 23.8 Å². The second-order valence-electron chi connectivity index (χ2n) is 7.32. The molecule has 0 fully saturated rings. The van der Waals surface area contributed by atoms with Gasteiger partial charge in [0.05, 0.1) is 6.54 Å².